The van der Waals surface area contributed by atoms with Crippen molar-refractivity contribution >= 4 is 16.9 Å². The summed E-state index contributed by atoms with van der Waals surface area (Å²) in [5.74, 6) is 5.29. The van der Waals surface area contributed by atoms with E-state index in [-0.39, 0.29) is 18.1 Å². The fraction of sp³-hybridized carbons (Fsp3) is 0.231. The van der Waals surface area contributed by atoms with Crippen molar-refractivity contribution in [3.63, 3.8) is 0 Å². The molecule has 0 aliphatic rings. The number of hydrogen-bond donors (Lipinski definition) is 2. The lowest BCUT2D eigenvalue weighted by Crippen LogP contribution is -2.29. The van der Waals surface area contributed by atoms with Gasteiger partial charge >= 0.3 is 0 Å². The highest BCUT2D eigenvalue weighted by Gasteiger charge is 2.14. The van der Waals surface area contributed by atoms with E-state index in [1.54, 1.807) is 6.07 Å². The second kappa shape index (κ2) is 5.89. The van der Waals surface area contributed by atoms with Gasteiger partial charge in [0.05, 0.1) is 12.0 Å². The van der Waals surface area contributed by atoms with Crippen LogP contribution >= 0.6 is 0 Å². The van der Waals surface area contributed by atoms with Gasteiger partial charge in [0.15, 0.2) is 5.75 Å². The number of nitrogens with one attached hydrogen (secondary N) is 1. The fourth-order valence-electron chi connectivity index (χ4n) is 1.72. The molecule has 0 aliphatic heterocycles. The number of nitrogens with zero attached hydrogens (tertiary/aromatic N) is 1. The zero-order valence-corrected chi connectivity index (χ0v) is 10.2. The number of fused-ring (bicyclic) bond motifs is 1. The third-order valence-corrected chi connectivity index (χ3v) is 2.61. The third kappa shape index (κ3) is 2.84. The smallest absolute Gasteiger partial charge is 0.246 e. The number of benzene rings is 1. The minimum atomic E-state index is -0.249. The largest absolute Gasteiger partial charge is 0.488 e. The van der Waals surface area contributed by atoms with Gasteiger partial charge in [-0.2, -0.15) is 5.26 Å². The molecule has 2 rings (SSSR count). The van der Waals surface area contributed by atoms with Crippen molar-refractivity contribution < 1.29 is 13.9 Å². The van der Waals surface area contributed by atoms with Gasteiger partial charge in [0.1, 0.15) is 11.7 Å². The van der Waals surface area contributed by atoms with Gasteiger partial charge in [-0.1, -0.05) is 12.1 Å². The molecule has 1 aromatic carbocycles. The average Bonchev–Trinajstić information content (AvgIpc) is 2.81. The predicted octanol–water partition coefficient (Wildman–Crippen LogP) is 1.45. The molecule has 1 aromatic heterocycles. The lowest BCUT2D eigenvalue weighted by atomic mass is 10.2. The number of nitriles is 1. The number of ether oxygens (including phenoxy) is 1. The van der Waals surface area contributed by atoms with Crippen molar-refractivity contribution in [1.29, 1.82) is 5.26 Å². The summed E-state index contributed by atoms with van der Waals surface area (Å²) in [5.41, 5.74) is 2.65. The Labute approximate surface area is 109 Å². The Hall–Kier alpha value is -2.52. The maximum absolute atomic E-state index is 10.9. The van der Waals surface area contributed by atoms with Crippen molar-refractivity contribution in [1.82, 2.24) is 5.43 Å². The molecule has 0 saturated carbocycles. The normalized spacial score (nSPS) is 10.1. The van der Waals surface area contributed by atoms with Gasteiger partial charge in [-0.15, -0.1) is 0 Å². The van der Waals surface area contributed by atoms with E-state index in [9.17, 15) is 4.79 Å². The first-order valence-corrected chi connectivity index (χ1v) is 5.80. The van der Waals surface area contributed by atoms with Gasteiger partial charge in [0.25, 0.3) is 0 Å². The number of para-hydroxylation sites is 1. The molecule has 0 fully saturated rings. The summed E-state index contributed by atoms with van der Waals surface area (Å²) in [6.45, 7) is 0.311. The molecular weight excluding hydrogens is 246 g/mol. The third-order valence-electron chi connectivity index (χ3n) is 2.61. The molecule has 6 nitrogen and oxygen atoms in total. The van der Waals surface area contributed by atoms with Gasteiger partial charge in [0.2, 0.25) is 11.7 Å². The van der Waals surface area contributed by atoms with Gasteiger partial charge in [-0.25, -0.2) is 5.84 Å². The van der Waals surface area contributed by atoms with Crippen molar-refractivity contribution in [2.45, 2.75) is 12.8 Å². The van der Waals surface area contributed by atoms with Crippen LogP contribution in [0.1, 0.15) is 18.6 Å². The number of nitrogens with two attached hydrogens (primary N) is 1. The lowest BCUT2D eigenvalue weighted by molar-refractivity contribution is -0.121. The molecule has 1 heterocycles. The Morgan fingerprint density at radius 1 is 1.47 bits per heavy atom. The summed E-state index contributed by atoms with van der Waals surface area (Å²) in [6.07, 6.45) is 0.779. The van der Waals surface area contributed by atoms with Gasteiger partial charge in [-0.05, 0) is 18.6 Å². The predicted molar refractivity (Wildman–Crippen MR) is 68.0 cm³/mol. The molecule has 0 spiro atoms. The molecule has 0 bridgehead atoms. The zero-order valence-electron chi connectivity index (χ0n) is 10.2. The number of furan rings is 1. The molecule has 1 amide bonds. The van der Waals surface area contributed by atoms with Crippen LogP contribution in [-0.2, 0) is 4.79 Å². The van der Waals surface area contributed by atoms with Crippen molar-refractivity contribution in [2.75, 3.05) is 6.61 Å². The Kier molecular flexibility index (Phi) is 4.00. The van der Waals surface area contributed by atoms with Crippen molar-refractivity contribution in [2.24, 2.45) is 5.84 Å². The molecule has 19 heavy (non-hydrogen) atoms. The molecule has 98 valence electrons. The first-order valence-electron chi connectivity index (χ1n) is 5.80. The summed E-state index contributed by atoms with van der Waals surface area (Å²) in [6, 6.07) is 9.21. The number of hydrogen-bond acceptors (Lipinski definition) is 5. The fourth-order valence-corrected chi connectivity index (χ4v) is 1.72. The molecule has 6 heteroatoms. The Bertz CT molecular complexity index is 628. The van der Waals surface area contributed by atoms with E-state index in [1.165, 1.54) is 0 Å². The summed E-state index contributed by atoms with van der Waals surface area (Å²) >= 11 is 0. The topological polar surface area (TPSA) is 101 Å². The van der Waals surface area contributed by atoms with Crippen LogP contribution in [0, 0.1) is 11.3 Å². The van der Waals surface area contributed by atoms with Crippen LogP contribution in [-0.4, -0.2) is 12.5 Å². The van der Waals surface area contributed by atoms with Crippen LogP contribution in [0.3, 0.4) is 0 Å². The Morgan fingerprint density at radius 3 is 3.00 bits per heavy atom. The molecule has 0 unspecified atom stereocenters. The maximum Gasteiger partial charge on any atom is 0.246 e. The molecule has 2 aromatic rings. The maximum atomic E-state index is 10.9. The standard InChI is InChI=1S/C13H13N3O3/c14-8-11-13(18-7-3-6-12(17)16-15)9-4-1-2-5-10(9)19-11/h1-2,4-5H,3,6-7,15H2,(H,16,17). The average molecular weight is 259 g/mol. The minimum absolute atomic E-state index is 0.143. The highest BCUT2D eigenvalue weighted by Crippen LogP contribution is 2.32. The number of carbonyl (C=O) groups is 1. The van der Waals surface area contributed by atoms with E-state index in [4.69, 9.17) is 20.3 Å². The number of rotatable bonds is 5. The van der Waals surface area contributed by atoms with Gasteiger partial charge in [0, 0.05) is 6.42 Å². The van der Waals surface area contributed by atoms with E-state index in [0.29, 0.717) is 24.4 Å². The van der Waals surface area contributed by atoms with Crippen LogP contribution in [0.2, 0.25) is 0 Å². The second-order valence-electron chi connectivity index (χ2n) is 3.89. The van der Waals surface area contributed by atoms with E-state index in [2.05, 4.69) is 0 Å². The van der Waals surface area contributed by atoms with Gasteiger partial charge in [-0.3, -0.25) is 10.2 Å². The Balaban J connectivity index is 2.07. The monoisotopic (exact) mass is 259 g/mol. The van der Waals surface area contributed by atoms with Crippen LogP contribution in [0.15, 0.2) is 28.7 Å². The van der Waals surface area contributed by atoms with E-state index in [1.807, 2.05) is 29.7 Å². The van der Waals surface area contributed by atoms with Crippen molar-refractivity contribution in [3.8, 4) is 11.8 Å². The quantitative estimate of drug-likeness (QED) is 0.366. The zero-order chi connectivity index (χ0) is 13.7. The highest BCUT2D eigenvalue weighted by atomic mass is 16.5. The highest BCUT2D eigenvalue weighted by molar-refractivity contribution is 5.86. The summed E-state index contributed by atoms with van der Waals surface area (Å²) < 4.78 is 10.9. The molecule has 0 atom stereocenters. The summed E-state index contributed by atoms with van der Waals surface area (Å²) in [5, 5.41) is 9.75. The Morgan fingerprint density at radius 2 is 2.26 bits per heavy atom. The molecule has 3 N–H and O–H groups in total. The number of amides is 1. The van der Waals surface area contributed by atoms with E-state index >= 15 is 0 Å². The first-order chi connectivity index (χ1) is 9.26. The van der Waals surface area contributed by atoms with Crippen LogP contribution in [0.5, 0.6) is 5.75 Å². The van der Waals surface area contributed by atoms with Gasteiger partial charge < -0.3 is 9.15 Å². The van der Waals surface area contributed by atoms with Crippen LogP contribution < -0.4 is 16.0 Å². The van der Waals surface area contributed by atoms with E-state index in [0.717, 1.165) is 5.39 Å². The van der Waals surface area contributed by atoms with Crippen LogP contribution in [0.4, 0.5) is 0 Å². The lowest BCUT2D eigenvalue weighted by Gasteiger charge is -2.04. The summed E-state index contributed by atoms with van der Waals surface area (Å²) in [7, 11) is 0. The first kappa shape index (κ1) is 12.9. The SMILES string of the molecule is N#Cc1oc2ccccc2c1OCCCC(=O)NN. The number of hydrazine groups is 1. The molecule has 0 aliphatic carbocycles. The molecule has 0 saturated heterocycles. The molecular formula is C13H13N3O3. The van der Waals surface area contributed by atoms with Crippen LogP contribution in [0.25, 0.3) is 11.0 Å². The second-order valence-corrected chi connectivity index (χ2v) is 3.89. The minimum Gasteiger partial charge on any atom is -0.488 e. The molecule has 0 radical (unpaired) electrons. The number of carbonyl (C=O) groups excluding carboxylic acids is 1. The summed E-state index contributed by atoms with van der Waals surface area (Å²) in [4.78, 5) is 10.9. The van der Waals surface area contributed by atoms with E-state index < -0.39 is 0 Å². The van der Waals surface area contributed by atoms with Crippen molar-refractivity contribution in [3.05, 3.63) is 30.0 Å².